The Morgan fingerprint density at radius 1 is 1.38 bits per heavy atom. The lowest BCUT2D eigenvalue weighted by atomic mass is 10.1. The second-order valence-electron chi connectivity index (χ2n) is 6.83. The molecule has 1 saturated heterocycles. The molecule has 1 aliphatic heterocycles. The summed E-state index contributed by atoms with van der Waals surface area (Å²) in [6, 6.07) is 4.33. The topological polar surface area (TPSA) is 114 Å². The fraction of sp³-hybridized carbons (Fsp3) is 0.400. The van der Waals surface area contributed by atoms with E-state index in [1.807, 2.05) is 13.8 Å². The summed E-state index contributed by atoms with van der Waals surface area (Å²) in [5, 5.41) is 10.6. The van der Waals surface area contributed by atoms with Crippen molar-refractivity contribution in [1.82, 2.24) is 4.57 Å². The van der Waals surface area contributed by atoms with Crippen LogP contribution in [-0.2, 0) is 20.8 Å². The first-order valence-electron chi connectivity index (χ1n) is 9.25. The van der Waals surface area contributed by atoms with E-state index in [1.54, 1.807) is 6.07 Å². The molecule has 154 valence electrons. The van der Waals surface area contributed by atoms with Crippen LogP contribution in [0, 0.1) is 24.0 Å². The average Bonchev–Trinajstić information content (AvgIpc) is 3.42. The zero-order valence-electron chi connectivity index (χ0n) is 16.3. The van der Waals surface area contributed by atoms with Gasteiger partial charge < -0.3 is 18.5 Å². The van der Waals surface area contributed by atoms with E-state index in [4.69, 9.17) is 13.9 Å². The van der Waals surface area contributed by atoms with Crippen LogP contribution in [-0.4, -0.2) is 40.6 Å². The molecule has 9 heteroatoms. The summed E-state index contributed by atoms with van der Waals surface area (Å²) in [4.78, 5) is 34.2. The average molecular weight is 402 g/mol. The summed E-state index contributed by atoms with van der Waals surface area (Å²) in [5.74, 6) is -1.33. The lowest BCUT2D eigenvalue weighted by Crippen LogP contribution is -2.18. The van der Waals surface area contributed by atoms with Crippen LogP contribution in [0.1, 0.15) is 40.3 Å². The summed E-state index contributed by atoms with van der Waals surface area (Å²) in [7, 11) is 0. The number of ketones is 1. The Balaban J connectivity index is 1.56. The monoisotopic (exact) mass is 402 g/mol. The van der Waals surface area contributed by atoms with Crippen LogP contribution in [0.4, 0.5) is 5.88 Å². The van der Waals surface area contributed by atoms with Crippen molar-refractivity contribution in [3.63, 3.8) is 0 Å². The number of hydrogen-bond acceptors (Lipinski definition) is 7. The first-order valence-corrected chi connectivity index (χ1v) is 9.25. The van der Waals surface area contributed by atoms with Crippen molar-refractivity contribution in [2.75, 3.05) is 13.2 Å². The highest BCUT2D eigenvalue weighted by Gasteiger charge is 2.21. The molecule has 1 atom stereocenters. The second kappa shape index (κ2) is 8.87. The third-order valence-electron chi connectivity index (χ3n) is 4.81. The van der Waals surface area contributed by atoms with E-state index in [1.165, 1.54) is 18.2 Å². The molecule has 0 aliphatic carbocycles. The fourth-order valence-corrected chi connectivity index (χ4v) is 3.30. The first-order chi connectivity index (χ1) is 13.8. The standard InChI is InChI=1S/C20H22N2O7/c1-13-10-17(14(2)21(13)11-16-4-3-9-27-16)18(23)12-28-20(24)8-6-15-5-7-19(29-15)22(25)26/h5-8,10,16H,3-4,9,11-12H2,1-2H3/b8-6+/t16-/m1/s1. The molecule has 0 aromatic carbocycles. The Morgan fingerprint density at radius 3 is 2.83 bits per heavy atom. The van der Waals surface area contributed by atoms with Gasteiger partial charge in [-0.05, 0) is 44.9 Å². The number of aromatic nitrogens is 1. The quantitative estimate of drug-likeness (QED) is 0.219. The van der Waals surface area contributed by atoms with Crippen molar-refractivity contribution in [1.29, 1.82) is 0 Å². The van der Waals surface area contributed by atoms with Gasteiger partial charge in [-0.1, -0.05) is 0 Å². The molecule has 0 unspecified atom stereocenters. The third-order valence-corrected chi connectivity index (χ3v) is 4.81. The van der Waals surface area contributed by atoms with Gasteiger partial charge in [-0.25, -0.2) is 4.79 Å². The number of esters is 1. The minimum Gasteiger partial charge on any atom is -0.454 e. The molecule has 9 nitrogen and oxygen atoms in total. The van der Waals surface area contributed by atoms with Gasteiger partial charge in [0.2, 0.25) is 5.78 Å². The largest absolute Gasteiger partial charge is 0.454 e. The Morgan fingerprint density at radius 2 is 2.17 bits per heavy atom. The van der Waals surface area contributed by atoms with Gasteiger partial charge in [-0.15, -0.1) is 0 Å². The van der Waals surface area contributed by atoms with Gasteiger partial charge in [0.15, 0.2) is 6.61 Å². The molecular weight excluding hydrogens is 380 g/mol. The van der Waals surface area contributed by atoms with E-state index in [0.29, 0.717) is 12.1 Å². The van der Waals surface area contributed by atoms with Crippen molar-refractivity contribution in [2.24, 2.45) is 0 Å². The van der Waals surface area contributed by atoms with E-state index < -0.39 is 23.4 Å². The molecule has 0 bridgehead atoms. The molecule has 0 spiro atoms. The highest BCUT2D eigenvalue weighted by Crippen LogP contribution is 2.21. The molecular formula is C20H22N2O7. The normalized spacial score (nSPS) is 16.4. The maximum absolute atomic E-state index is 12.5. The molecule has 3 heterocycles. The smallest absolute Gasteiger partial charge is 0.433 e. The zero-order chi connectivity index (χ0) is 21.0. The van der Waals surface area contributed by atoms with E-state index in [-0.39, 0.29) is 17.6 Å². The highest BCUT2D eigenvalue weighted by atomic mass is 16.6. The number of Topliss-reactive ketones (excluding diaryl/α,β-unsaturated/α-hetero) is 1. The number of aryl methyl sites for hydroxylation is 1. The van der Waals surface area contributed by atoms with Gasteiger partial charge in [0.25, 0.3) is 0 Å². The summed E-state index contributed by atoms with van der Waals surface area (Å²) in [6.45, 7) is 4.86. The first kappa shape index (κ1) is 20.5. The lowest BCUT2D eigenvalue weighted by molar-refractivity contribution is -0.402. The van der Waals surface area contributed by atoms with Gasteiger partial charge in [0.1, 0.15) is 10.7 Å². The van der Waals surface area contributed by atoms with Gasteiger partial charge in [0, 0.05) is 36.2 Å². The zero-order valence-corrected chi connectivity index (χ0v) is 16.3. The van der Waals surface area contributed by atoms with Crippen molar-refractivity contribution >= 4 is 23.7 Å². The summed E-state index contributed by atoms with van der Waals surface area (Å²) >= 11 is 0. The van der Waals surface area contributed by atoms with Gasteiger partial charge in [-0.3, -0.25) is 14.9 Å². The number of hydrogen-bond donors (Lipinski definition) is 0. The number of furan rings is 1. The highest BCUT2D eigenvalue weighted by molar-refractivity contribution is 6.00. The number of rotatable bonds is 8. The minimum absolute atomic E-state index is 0.137. The van der Waals surface area contributed by atoms with Crippen LogP contribution in [0.15, 0.2) is 28.7 Å². The van der Waals surface area contributed by atoms with Crippen LogP contribution in [0.5, 0.6) is 0 Å². The van der Waals surface area contributed by atoms with E-state index in [0.717, 1.165) is 36.9 Å². The van der Waals surface area contributed by atoms with Crippen LogP contribution in [0.25, 0.3) is 6.08 Å². The molecule has 0 saturated carbocycles. The SMILES string of the molecule is Cc1cc(C(=O)COC(=O)/C=C/c2ccc([N+](=O)[O-])o2)c(C)n1C[C@H]1CCCO1. The Hall–Kier alpha value is -3.20. The molecule has 1 fully saturated rings. The number of nitro groups is 1. The molecule has 29 heavy (non-hydrogen) atoms. The summed E-state index contributed by atoms with van der Waals surface area (Å²) in [6.07, 6.45) is 4.50. The number of ether oxygens (including phenoxy) is 2. The molecule has 3 rings (SSSR count). The molecule has 0 radical (unpaired) electrons. The molecule has 0 amide bonds. The van der Waals surface area contributed by atoms with Crippen molar-refractivity contribution in [2.45, 2.75) is 39.3 Å². The number of carbonyl (C=O) groups is 2. The van der Waals surface area contributed by atoms with E-state index in [2.05, 4.69) is 4.57 Å². The van der Waals surface area contributed by atoms with Crippen LogP contribution < -0.4 is 0 Å². The van der Waals surface area contributed by atoms with Crippen molar-refractivity contribution in [3.8, 4) is 0 Å². The lowest BCUT2D eigenvalue weighted by Gasteiger charge is -2.14. The van der Waals surface area contributed by atoms with E-state index >= 15 is 0 Å². The maximum atomic E-state index is 12.5. The van der Waals surface area contributed by atoms with Gasteiger partial charge in [0.05, 0.1) is 12.2 Å². The third kappa shape index (κ3) is 5.00. The minimum atomic E-state index is -0.745. The van der Waals surface area contributed by atoms with Crippen LogP contribution in [0.3, 0.4) is 0 Å². The van der Waals surface area contributed by atoms with Gasteiger partial charge in [-0.2, -0.15) is 0 Å². The maximum Gasteiger partial charge on any atom is 0.433 e. The summed E-state index contributed by atoms with van der Waals surface area (Å²) in [5.41, 5.74) is 2.28. The molecule has 2 aromatic heterocycles. The van der Waals surface area contributed by atoms with E-state index in [9.17, 15) is 19.7 Å². The fourth-order valence-electron chi connectivity index (χ4n) is 3.30. The second-order valence-corrected chi connectivity index (χ2v) is 6.83. The van der Waals surface area contributed by atoms with Gasteiger partial charge >= 0.3 is 11.9 Å². The van der Waals surface area contributed by atoms with Crippen LogP contribution in [0.2, 0.25) is 0 Å². The van der Waals surface area contributed by atoms with Crippen molar-refractivity contribution < 1.29 is 28.4 Å². The van der Waals surface area contributed by atoms with Crippen LogP contribution >= 0.6 is 0 Å². The predicted octanol–water partition coefficient (Wildman–Crippen LogP) is 3.22. The van der Waals surface area contributed by atoms with Crippen molar-refractivity contribution in [3.05, 3.63) is 57.1 Å². The Bertz CT molecular complexity index is 948. The Kier molecular flexibility index (Phi) is 6.28. The predicted molar refractivity (Wildman–Crippen MR) is 103 cm³/mol. The number of nitrogens with zero attached hydrogens (tertiary/aromatic N) is 2. The number of carbonyl (C=O) groups excluding carboxylic acids is 2. The molecule has 1 aliphatic rings. The molecule has 2 aromatic rings. The Labute approximate surface area is 167 Å². The molecule has 0 N–H and O–H groups in total. The summed E-state index contributed by atoms with van der Waals surface area (Å²) < 4.78 is 17.6.